The number of anilines is 1. The van der Waals surface area contributed by atoms with E-state index in [-0.39, 0.29) is 17.2 Å². The SMILES string of the molecule is CS(=O)(=O)c1ccc2nc(NCC(=O)c3ccccc3)sc2c1. The predicted octanol–water partition coefficient (Wildman–Crippen LogP) is 2.99. The molecule has 1 heterocycles. The summed E-state index contributed by atoms with van der Waals surface area (Å²) in [5.41, 5.74) is 1.34. The minimum atomic E-state index is -3.24. The number of carbonyl (C=O) groups is 1. The van der Waals surface area contributed by atoms with Crippen LogP contribution < -0.4 is 5.32 Å². The molecule has 118 valence electrons. The molecule has 5 nitrogen and oxygen atoms in total. The number of nitrogens with zero attached hydrogens (tertiary/aromatic N) is 1. The molecule has 3 aromatic rings. The van der Waals surface area contributed by atoms with Crippen LogP contribution in [0.4, 0.5) is 5.13 Å². The zero-order valence-corrected chi connectivity index (χ0v) is 13.9. The van der Waals surface area contributed by atoms with Gasteiger partial charge in [0.05, 0.1) is 21.7 Å². The van der Waals surface area contributed by atoms with Crippen LogP contribution in [0.1, 0.15) is 10.4 Å². The zero-order valence-electron chi connectivity index (χ0n) is 12.3. The molecule has 0 spiro atoms. The zero-order chi connectivity index (χ0) is 16.4. The monoisotopic (exact) mass is 346 g/mol. The molecule has 0 unspecified atom stereocenters. The second kappa shape index (κ2) is 6.10. The van der Waals surface area contributed by atoms with Crippen LogP contribution in [0.25, 0.3) is 10.2 Å². The molecular formula is C16H14N2O3S2. The summed E-state index contributed by atoms with van der Waals surface area (Å²) in [7, 11) is -3.24. The fourth-order valence-electron chi connectivity index (χ4n) is 2.09. The third-order valence-corrected chi connectivity index (χ3v) is 5.37. The minimum absolute atomic E-state index is 0.0262. The highest BCUT2D eigenvalue weighted by Crippen LogP contribution is 2.28. The number of aromatic nitrogens is 1. The maximum absolute atomic E-state index is 12.1. The third kappa shape index (κ3) is 3.57. The van der Waals surface area contributed by atoms with Crippen LogP contribution in [0, 0.1) is 0 Å². The molecule has 0 amide bonds. The number of Topliss-reactive ketones (excluding diaryl/α,β-unsaturated/α-hetero) is 1. The Bertz CT molecular complexity index is 963. The summed E-state index contributed by atoms with van der Waals surface area (Å²) in [5.74, 6) is -0.0262. The summed E-state index contributed by atoms with van der Waals surface area (Å²) in [6.45, 7) is 0.142. The lowest BCUT2D eigenvalue weighted by Crippen LogP contribution is -2.13. The van der Waals surface area contributed by atoms with E-state index >= 15 is 0 Å². The highest BCUT2D eigenvalue weighted by Gasteiger charge is 2.11. The molecular weight excluding hydrogens is 332 g/mol. The molecule has 3 rings (SSSR count). The molecule has 2 aromatic carbocycles. The summed E-state index contributed by atoms with van der Waals surface area (Å²) >= 11 is 1.33. The average molecular weight is 346 g/mol. The Labute approximate surface area is 137 Å². The van der Waals surface area contributed by atoms with Crippen molar-refractivity contribution < 1.29 is 13.2 Å². The molecule has 1 N–H and O–H groups in total. The Kier molecular flexibility index (Phi) is 4.14. The number of fused-ring (bicyclic) bond motifs is 1. The van der Waals surface area contributed by atoms with Crippen molar-refractivity contribution in [1.82, 2.24) is 4.98 Å². The quantitative estimate of drug-likeness (QED) is 0.719. The molecule has 1 aromatic heterocycles. The Morgan fingerprint density at radius 2 is 1.91 bits per heavy atom. The number of benzene rings is 2. The highest BCUT2D eigenvalue weighted by molar-refractivity contribution is 7.90. The Morgan fingerprint density at radius 1 is 1.17 bits per heavy atom. The van der Waals surface area contributed by atoms with Crippen LogP contribution in [0.3, 0.4) is 0 Å². The van der Waals surface area contributed by atoms with Crippen molar-refractivity contribution in [2.75, 3.05) is 18.1 Å². The molecule has 0 aliphatic heterocycles. The molecule has 0 fully saturated rings. The van der Waals surface area contributed by atoms with Crippen molar-refractivity contribution >= 4 is 42.3 Å². The molecule has 0 aliphatic rings. The third-order valence-electron chi connectivity index (χ3n) is 3.28. The molecule has 0 saturated carbocycles. The van der Waals surface area contributed by atoms with Crippen molar-refractivity contribution in [1.29, 1.82) is 0 Å². The van der Waals surface area contributed by atoms with E-state index in [2.05, 4.69) is 10.3 Å². The topological polar surface area (TPSA) is 76.1 Å². The summed E-state index contributed by atoms with van der Waals surface area (Å²) in [4.78, 5) is 16.7. The van der Waals surface area contributed by atoms with Gasteiger partial charge in [-0.15, -0.1) is 0 Å². The van der Waals surface area contributed by atoms with Crippen LogP contribution >= 0.6 is 11.3 Å². The van der Waals surface area contributed by atoms with E-state index in [0.29, 0.717) is 16.2 Å². The van der Waals surface area contributed by atoms with Crippen LogP contribution in [0.5, 0.6) is 0 Å². The van der Waals surface area contributed by atoms with Crippen molar-refractivity contribution in [3.05, 3.63) is 54.1 Å². The number of ketones is 1. The minimum Gasteiger partial charge on any atom is -0.354 e. The van der Waals surface area contributed by atoms with E-state index in [4.69, 9.17) is 0 Å². The number of hydrogen-bond acceptors (Lipinski definition) is 6. The Hall–Kier alpha value is -2.25. The lowest BCUT2D eigenvalue weighted by molar-refractivity contribution is 0.101. The van der Waals surface area contributed by atoms with E-state index in [1.54, 1.807) is 24.3 Å². The number of thiazole rings is 1. The van der Waals surface area contributed by atoms with Gasteiger partial charge in [0.1, 0.15) is 0 Å². The summed E-state index contributed by atoms with van der Waals surface area (Å²) < 4.78 is 23.9. The smallest absolute Gasteiger partial charge is 0.184 e. The standard InChI is InChI=1S/C16H14N2O3S2/c1-23(20,21)12-7-8-13-15(9-12)22-16(18-13)17-10-14(19)11-5-3-2-4-6-11/h2-9H,10H2,1H3,(H,17,18). The second-order valence-electron chi connectivity index (χ2n) is 5.06. The first-order valence-corrected chi connectivity index (χ1v) is 9.57. The largest absolute Gasteiger partial charge is 0.354 e. The van der Waals surface area contributed by atoms with Crippen LogP contribution in [0.15, 0.2) is 53.4 Å². The first-order valence-electron chi connectivity index (χ1n) is 6.86. The molecule has 7 heteroatoms. The van der Waals surface area contributed by atoms with Gasteiger partial charge < -0.3 is 5.32 Å². The second-order valence-corrected chi connectivity index (χ2v) is 8.11. The number of carbonyl (C=O) groups excluding carboxylic acids is 1. The molecule has 0 bridgehead atoms. The van der Waals surface area contributed by atoms with E-state index in [1.165, 1.54) is 23.7 Å². The number of sulfone groups is 1. The first kappa shape index (κ1) is 15.6. The lowest BCUT2D eigenvalue weighted by atomic mass is 10.1. The molecule has 0 atom stereocenters. The van der Waals surface area contributed by atoms with Gasteiger partial charge in [0.15, 0.2) is 20.8 Å². The Morgan fingerprint density at radius 3 is 2.61 bits per heavy atom. The van der Waals surface area contributed by atoms with E-state index < -0.39 is 9.84 Å². The van der Waals surface area contributed by atoms with Gasteiger partial charge in [0.25, 0.3) is 0 Å². The van der Waals surface area contributed by atoms with Crippen molar-refractivity contribution in [2.24, 2.45) is 0 Å². The molecule has 0 saturated heterocycles. The van der Waals surface area contributed by atoms with Crippen molar-refractivity contribution in [3.63, 3.8) is 0 Å². The fourth-order valence-corrected chi connectivity index (χ4v) is 3.72. The van der Waals surface area contributed by atoms with Gasteiger partial charge in [-0.25, -0.2) is 13.4 Å². The van der Waals surface area contributed by atoms with E-state index in [0.717, 1.165) is 4.70 Å². The lowest BCUT2D eigenvalue weighted by Gasteiger charge is -2.01. The van der Waals surface area contributed by atoms with Crippen molar-refractivity contribution in [2.45, 2.75) is 4.90 Å². The van der Waals surface area contributed by atoms with Crippen molar-refractivity contribution in [3.8, 4) is 0 Å². The maximum atomic E-state index is 12.1. The molecule has 0 aliphatic carbocycles. The van der Waals surface area contributed by atoms with Crippen LogP contribution in [-0.4, -0.2) is 32.0 Å². The van der Waals surface area contributed by atoms with Crippen LogP contribution in [-0.2, 0) is 9.84 Å². The summed E-state index contributed by atoms with van der Waals surface area (Å²) in [6.07, 6.45) is 1.17. The van der Waals surface area contributed by atoms with E-state index in [9.17, 15) is 13.2 Å². The Balaban J connectivity index is 1.78. The fraction of sp³-hybridized carbons (Fsp3) is 0.125. The summed E-state index contributed by atoms with van der Waals surface area (Å²) in [5, 5.41) is 3.59. The first-order chi connectivity index (χ1) is 10.9. The van der Waals surface area contributed by atoms with Gasteiger partial charge >= 0.3 is 0 Å². The number of hydrogen-bond donors (Lipinski definition) is 1. The average Bonchev–Trinajstić information content (AvgIpc) is 2.94. The van der Waals surface area contributed by atoms with Gasteiger partial charge in [-0.1, -0.05) is 41.7 Å². The normalized spacial score (nSPS) is 11.5. The highest BCUT2D eigenvalue weighted by atomic mass is 32.2. The van der Waals surface area contributed by atoms with Gasteiger partial charge in [-0.2, -0.15) is 0 Å². The maximum Gasteiger partial charge on any atom is 0.184 e. The number of rotatable bonds is 5. The number of nitrogens with one attached hydrogen (secondary N) is 1. The van der Waals surface area contributed by atoms with Gasteiger partial charge in [-0.3, -0.25) is 4.79 Å². The molecule has 0 radical (unpaired) electrons. The molecule has 23 heavy (non-hydrogen) atoms. The van der Waals surface area contributed by atoms with Crippen LogP contribution in [0.2, 0.25) is 0 Å². The van der Waals surface area contributed by atoms with E-state index in [1.807, 2.05) is 18.2 Å². The predicted molar refractivity (Wildman–Crippen MR) is 92.0 cm³/mol. The van der Waals surface area contributed by atoms with Gasteiger partial charge in [0, 0.05) is 11.8 Å². The summed E-state index contributed by atoms with van der Waals surface area (Å²) in [6, 6.07) is 13.8. The van der Waals surface area contributed by atoms with Gasteiger partial charge in [0.2, 0.25) is 0 Å². The van der Waals surface area contributed by atoms with Gasteiger partial charge in [-0.05, 0) is 18.2 Å².